The molecule has 0 radical (unpaired) electrons. The summed E-state index contributed by atoms with van der Waals surface area (Å²) >= 11 is 7.76. The average molecular weight is 675 g/mol. The second-order valence-electron chi connectivity index (χ2n) is 13.6. The minimum atomic E-state index is -1.18. The van der Waals surface area contributed by atoms with Gasteiger partial charge in [-0.2, -0.15) is 5.10 Å². The van der Waals surface area contributed by atoms with Crippen LogP contribution in [-0.2, 0) is 16.6 Å². The lowest BCUT2D eigenvalue weighted by atomic mass is 9.88. The summed E-state index contributed by atoms with van der Waals surface area (Å²) in [6, 6.07) is 13.9. The highest BCUT2D eigenvalue weighted by Gasteiger charge is 2.35. The van der Waals surface area contributed by atoms with Gasteiger partial charge >= 0.3 is 5.97 Å². The molecule has 10 nitrogen and oxygen atoms in total. The number of nitrogens with zero attached hydrogens (tertiary/aromatic N) is 6. The number of hydrogen-bond acceptors (Lipinski definition) is 9. The van der Waals surface area contributed by atoms with Crippen molar-refractivity contribution in [1.29, 1.82) is 0 Å². The Kier molecular flexibility index (Phi) is 8.25. The molecule has 2 aromatic carbocycles. The van der Waals surface area contributed by atoms with Gasteiger partial charge in [-0.1, -0.05) is 23.7 Å². The summed E-state index contributed by atoms with van der Waals surface area (Å²) in [7, 11) is 1.94. The molecule has 1 saturated carbocycles. The van der Waals surface area contributed by atoms with Gasteiger partial charge in [0.1, 0.15) is 10.5 Å². The molecule has 5 aromatic rings. The maximum Gasteiger partial charge on any atom is 0.337 e. The third-order valence-corrected chi connectivity index (χ3v) is 10.5. The molecule has 246 valence electrons. The van der Waals surface area contributed by atoms with E-state index in [1.54, 1.807) is 0 Å². The molecule has 4 heterocycles. The SMILES string of the molecule is Cc1cc2nc(-c3ccc4c(n3)c(N3CCN([C@H]5C[C@@H](O)C5)CC3)nn4C)sc2c(-c2ccc(Cl)cc2)c1[C@H](OC(C)(C)C)C(=O)O. The molecule has 12 heteroatoms. The summed E-state index contributed by atoms with van der Waals surface area (Å²) in [5.74, 6) is -0.188. The van der Waals surface area contributed by atoms with Crippen molar-refractivity contribution < 1.29 is 19.7 Å². The molecule has 1 aliphatic heterocycles. The van der Waals surface area contributed by atoms with E-state index >= 15 is 0 Å². The Morgan fingerprint density at radius 3 is 2.40 bits per heavy atom. The van der Waals surface area contributed by atoms with Crippen molar-refractivity contribution in [1.82, 2.24) is 24.6 Å². The van der Waals surface area contributed by atoms with Crippen molar-refractivity contribution in [2.24, 2.45) is 7.05 Å². The number of rotatable bonds is 7. The van der Waals surface area contributed by atoms with E-state index in [1.165, 1.54) is 11.3 Å². The minimum Gasteiger partial charge on any atom is -0.479 e. The lowest BCUT2D eigenvalue weighted by Crippen LogP contribution is -2.55. The molecule has 3 aromatic heterocycles. The largest absolute Gasteiger partial charge is 0.479 e. The van der Waals surface area contributed by atoms with Crippen molar-refractivity contribution >= 4 is 56.0 Å². The van der Waals surface area contributed by atoms with Crippen LogP contribution in [-0.4, -0.2) is 84.8 Å². The van der Waals surface area contributed by atoms with Crippen LogP contribution in [0.25, 0.3) is 43.1 Å². The zero-order chi connectivity index (χ0) is 33.2. The number of anilines is 1. The van der Waals surface area contributed by atoms with Gasteiger partial charge in [-0.15, -0.1) is 11.3 Å². The van der Waals surface area contributed by atoms with E-state index in [1.807, 2.05) is 81.9 Å². The van der Waals surface area contributed by atoms with Crippen LogP contribution >= 0.6 is 22.9 Å². The standard InChI is InChI=1S/C35H39ClN6O4S/c1-19-16-25-31(28(20-6-8-21(36)9-7-20)27(19)30(34(44)45)46-35(2,3)4)47-33(38-25)24-10-11-26-29(37-24)32(39-40(26)5)42-14-12-41(13-15-42)22-17-23(43)18-22/h6-11,16,22-23,30,43H,12-15,17-18H2,1-5H3,(H,44,45)/t22-,23+,30-/m0/s1. The molecule has 1 atom stereocenters. The monoisotopic (exact) mass is 674 g/mol. The predicted molar refractivity (Wildman–Crippen MR) is 186 cm³/mol. The summed E-state index contributed by atoms with van der Waals surface area (Å²) in [5, 5.41) is 26.4. The Morgan fingerprint density at radius 2 is 1.77 bits per heavy atom. The Bertz CT molecular complexity index is 1970. The molecule has 0 bridgehead atoms. The number of thiazole rings is 1. The summed E-state index contributed by atoms with van der Waals surface area (Å²) in [4.78, 5) is 27.7. The van der Waals surface area contributed by atoms with Gasteiger partial charge in [-0.05, 0) is 82.0 Å². The van der Waals surface area contributed by atoms with Gasteiger partial charge in [0.2, 0.25) is 0 Å². The zero-order valence-corrected chi connectivity index (χ0v) is 28.8. The van der Waals surface area contributed by atoms with E-state index in [9.17, 15) is 15.0 Å². The van der Waals surface area contributed by atoms with Gasteiger partial charge in [-0.25, -0.2) is 14.8 Å². The normalized spacial score (nSPS) is 19.8. The molecular formula is C35H39ClN6O4S. The van der Waals surface area contributed by atoms with E-state index in [-0.39, 0.29) is 6.10 Å². The van der Waals surface area contributed by atoms with Gasteiger partial charge in [0.05, 0.1) is 33.1 Å². The predicted octanol–water partition coefficient (Wildman–Crippen LogP) is 6.46. The van der Waals surface area contributed by atoms with Crippen molar-refractivity contribution in [2.45, 2.75) is 64.4 Å². The average Bonchev–Trinajstić information content (AvgIpc) is 3.58. The first-order valence-electron chi connectivity index (χ1n) is 16.0. The van der Waals surface area contributed by atoms with Gasteiger partial charge in [0, 0.05) is 55.4 Å². The molecule has 2 N–H and O–H groups in total. The number of carbonyl (C=O) groups is 1. The number of carboxylic acids is 1. The molecule has 2 aliphatic rings. The smallest absolute Gasteiger partial charge is 0.337 e. The van der Waals surface area contributed by atoms with E-state index in [0.29, 0.717) is 16.6 Å². The quantitative estimate of drug-likeness (QED) is 0.201. The topological polar surface area (TPSA) is 117 Å². The first-order chi connectivity index (χ1) is 22.4. The fourth-order valence-corrected chi connectivity index (χ4v) is 7.98. The number of carboxylic acid groups (broad SMARTS) is 1. The Hall–Kier alpha value is -3.61. The van der Waals surface area contributed by atoms with Crippen LogP contribution in [0.4, 0.5) is 5.82 Å². The molecule has 47 heavy (non-hydrogen) atoms. The van der Waals surface area contributed by atoms with Gasteiger partial charge in [-0.3, -0.25) is 9.58 Å². The highest BCUT2D eigenvalue weighted by Crippen LogP contribution is 2.44. The summed E-state index contributed by atoms with van der Waals surface area (Å²) in [5.41, 5.74) is 5.58. The summed E-state index contributed by atoms with van der Waals surface area (Å²) < 4.78 is 8.90. The minimum absolute atomic E-state index is 0.156. The van der Waals surface area contributed by atoms with E-state index < -0.39 is 17.7 Å². The summed E-state index contributed by atoms with van der Waals surface area (Å²) in [6.45, 7) is 11.0. The van der Waals surface area contributed by atoms with Crippen molar-refractivity contribution in [2.75, 3.05) is 31.1 Å². The number of pyridine rings is 1. The van der Waals surface area contributed by atoms with E-state index in [4.69, 9.17) is 31.4 Å². The third-order valence-electron chi connectivity index (χ3n) is 9.14. The van der Waals surface area contributed by atoms with Crippen LogP contribution < -0.4 is 4.90 Å². The summed E-state index contributed by atoms with van der Waals surface area (Å²) in [6.07, 6.45) is 0.385. The van der Waals surface area contributed by atoms with Crippen LogP contribution in [0.2, 0.25) is 5.02 Å². The number of fused-ring (bicyclic) bond motifs is 2. The van der Waals surface area contributed by atoms with Crippen molar-refractivity contribution in [3.8, 4) is 21.8 Å². The number of piperazine rings is 1. The first kappa shape index (κ1) is 32.0. The Morgan fingerprint density at radius 1 is 1.06 bits per heavy atom. The molecule has 2 fully saturated rings. The number of halogens is 1. The van der Waals surface area contributed by atoms with Crippen LogP contribution in [0.15, 0.2) is 42.5 Å². The van der Waals surface area contributed by atoms with E-state index in [0.717, 1.165) is 93.5 Å². The zero-order valence-electron chi connectivity index (χ0n) is 27.2. The van der Waals surface area contributed by atoms with Crippen LogP contribution in [0.3, 0.4) is 0 Å². The maximum atomic E-state index is 12.7. The number of aromatic nitrogens is 4. The van der Waals surface area contributed by atoms with Crippen molar-refractivity contribution in [3.63, 3.8) is 0 Å². The van der Waals surface area contributed by atoms with Crippen LogP contribution in [0, 0.1) is 6.92 Å². The highest BCUT2D eigenvalue weighted by atomic mass is 35.5. The number of benzene rings is 2. The number of hydrogen-bond donors (Lipinski definition) is 2. The van der Waals surface area contributed by atoms with Gasteiger partial charge < -0.3 is 19.8 Å². The fourth-order valence-electron chi connectivity index (χ4n) is 6.76. The highest BCUT2D eigenvalue weighted by molar-refractivity contribution is 7.22. The number of aliphatic hydroxyl groups excluding tert-OH is 1. The number of aliphatic hydroxyl groups is 1. The molecule has 1 saturated heterocycles. The third kappa shape index (κ3) is 6.11. The fraction of sp³-hybridized carbons (Fsp3) is 0.429. The molecule has 1 aliphatic carbocycles. The maximum absolute atomic E-state index is 12.7. The lowest BCUT2D eigenvalue weighted by molar-refractivity contribution is -0.160. The second kappa shape index (κ2) is 12.1. The van der Waals surface area contributed by atoms with Gasteiger partial charge in [0.15, 0.2) is 11.9 Å². The molecule has 0 spiro atoms. The van der Waals surface area contributed by atoms with Crippen LogP contribution in [0.1, 0.15) is 50.8 Å². The Balaban J connectivity index is 1.31. The first-order valence-corrected chi connectivity index (χ1v) is 17.2. The lowest BCUT2D eigenvalue weighted by Gasteiger charge is -2.44. The number of aryl methyl sites for hydroxylation is 2. The molecule has 7 rings (SSSR count). The molecular weight excluding hydrogens is 636 g/mol. The number of ether oxygens (including phenoxy) is 1. The molecule has 0 unspecified atom stereocenters. The Labute approximate surface area is 282 Å². The van der Waals surface area contributed by atoms with Crippen molar-refractivity contribution in [3.05, 3.63) is 58.6 Å². The molecule has 0 amide bonds. The van der Waals surface area contributed by atoms with Crippen LogP contribution in [0.5, 0.6) is 0 Å². The number of aliphatic carboxylic acids is 1. The van der Waals surface area contributed by atoms with Gasteiger partial charge in [0.25, 0.3) is 0 Å². The second-order valence-corrected chi connectivity index (χ2v) is 15.1. The van der Waals surface area contributed by atoms with E-state index in [2.05, 4.69) is 9.80 Å².